The third-order valence-electron chi connectivity index (χ3n) is 5.49. The van der Waals surface area contributed by atoms with E-state index in [0.29, 0.717) is 18.0 Å². The zero-order chi connectivity index (χ0) is 22.0. The van der Waals surface area contributed by atoms with E-state index in [2.05, 4.69) is 11.4 Å². The number of amides is 2. The summed E-state index contributed by atoms with van der Waals surface area (Å²) in [5, 5.41) is 2.93. The molecular formula is C26H26N2O3. The molecular weight excluding hydrogens is 388 g/mol. The summed E-state index contributed by atoms with van der Waals surface area (Å²) in [6.45, 7) is 6.42. The van der Waals surface area contributed by atoms with E-state index in [4.69, 9.17) is 4.74 Å². The second-order valence-electron chi connectivity index (χ2n) is 8.13. The molecule has 1 fully saturated rings. The monoisotopic (exact) mass is 414 g/mol. The van der Waals surface area contributed by atoms with Crippen LogP contribution in [0.1, 0.15) is 23.1 Å². The van der Waals surface area contributed by atoms with Crippen molar-refractivity contribution in [3.63, 3.8) is 0 Å². The Morgan fingerprint density at radius 1 is 0.935 bits per heavy atom. The summed E-state index contributed by atoms with van der Waals surface area (Å²) in [4.78, 5) is 27.0. The number of nitrogens with zero attached hydrogens (tertiary/aromatic N) is 1. The van der Waals surface area contributed by atoms with E-state index in [1.54, 1.807) is 4.90 Å². The summed E-state index contributed by atoms with van der Waals surface area (Å²) in [7, 11) is 0. The van der Waals surface area contributed by atoms with Gasteiger partial charge in [0.15, 0.2) is 0 Å². The maximum Gasteiger partial charge on any atom is 0.229 e. The smallest absolute Gasteiger partial charge is 0.229 e. The van der Waals surface area contributed by atoms with Crippen molar-refractivity contribution in [3.05, 3.63) is 83.4 Å². The van der Waals surface area contributed by atoms with Crippen molar-refractivity contribution >= 4 is 23.2 Å². The molecule has 1 atom stereocenters. The highest BCUT2D eigenvalue weighted by Gasteiger charge is 2.35. The molecule has 0 aliphatic carbocycles. The van der Waals surface area contributed by atoms with Crippen LogP contribution in [0, 0.1) is 26.7 Å². The number of nitrogens with one attached hydrogen (secondary N) is 1. The first kappa shape index (κ1) is 20.7. The molecule has 1 heterocycles. The Balaban J connectivity index is 1.38. The lowest BCUT2D eigenvalue weighted by molar-refractivity contribution is -0.122. The molecule has 3 aromatic carbocycles. The van der Waals surface area contributed by atoms with Crippen LogP contribution in [-0.2, 0) is 9.59 Å². The average Bonchev–Trinajstić information content (AvgIpc) is 3.11. The second kappa shape index (κ2) is 8.64. The van der Waals surface area contributed by atoms with Crippen LogP contribution < -0.4 is 15.0 Å². The maximum absolute atomic E-state index is 12.8. The quantitative estimate of drug-likeness (QED) is 0.608. The molecule has 1 aliphatic rings. The van der Waals surface area contributed by atoms with Crippen molar-refractivity contribution in [1.29, 1.82) is 0 Å². The Bertz CT molecular complexity index is 1120. The highest BCUT2D eigenvalue weighted by Crippen LogP contribution is 2.29. The summed E-state index contributed by atoms with van der Waals surface area (Å²) in [6, 6.07) is 21.1. The fourth-order valence-electron chi connectivity index (χ4n) is 3.89. The number of ether oxygens (including phenoxy) is 1. The maximum atomic E-state index is 12.8. The molecule has 5 heteroatoms. The van der Waals surface area contributed by atoms with Gasteiger partial charge in [-0.1, -0.05) is 29.8 Å². The number of benzene rings is 3. The first-order chi connectivity index (χ1) is 14.9. The molecule has 0 bridgehead atoms. The van der Waals surface area contributed by atoms with E-state index in [1.807, 2.05) is 81.4 Å². The van der Waals surface area contributed by atoms with Crippen LogP contribution >= 0.6 is 0 Å². The zero-order valence-corrected chi connectivity index (χ0v) is 18.0. The largest absolute Gasteiger partial charge is 0.457 e. The highest BCUT2D eigenvalue weighted by molar-refractivity contribution is 6.03. The molecule has 0 radical (unpaired) electrons. The zero-order valence-electron chi connectivity index (χ0n) is 18.0. The second-order valence-corrected chi connectivity index (χ2v) is 8.13. The molecule has 0 saturated carbocycles. The summed E-state index contributed by atoms with van der Waals surface area (Å²) >= 11 is 0. The Morgan fingerprint density at radius 3 is 2.39 bits per heavy atom. The number of aryl methyl sites for hydroxylation is 3. The minimum atomic E-state index is -0.378. The topological polar surface area (TPSA) is 58.6 Å². The van der Waals surface area contributed by atoms with Crippen LogP contribution in [-0.4, -0.2) is 18.4 Å². The number of carbonyl (C=O) groups is 2. The van der Waals surface area contributed by atoms with E-state index in [1.165, 1.54) is 0 Å². The number of hydrogen-bond donors (Lipinski definition) is 1. The first-order valence-electron chi connectivity index (χ1n) is 10.4. The molecule has 158 valence electrons. The average molecular weight is 415 g/mol. The van der Waals surface area contributed by atoms with Crippen LogP contribution in [0.3, 0.4) is 0 Å². The summed E-state index contributed by atoms with van der Waals surface area (Å²) in [5.74, 6) is 0.923. The van der Waals surface area contributed by atoms with Gasteiger partial charge in [0, 0.05) is 24.3 Å². The third-order valence-corrected chi connectivity index (χ3v) is 5.49. The standard InChI is InChI=1S/C26H26N2O3/c1-17-5-4-6-23(14-17)31-22-10-8-21(9-11-22)27-26(30)20-15-25(29)28(16-20)24-12-7-18(2)13-19(24)3/h4-14,20H,15-16H2,1-3H3,(H,27,30)/t20-/m0/s1. The van der Waals surface area contributed by atoms with Gasteiger partial charge < -0.3 is 15.0 Å². The predicted molar refractivity (Wildman–Crippen MR) is 123 cm³/mol. The van der Waals surface area contributed by atoms with Gasteiger partial charge >= 0.3 is 0 Å². The third kappa shape index (κ3) is 4.77. The van der Waals surface area contributed by atoms with Gasteiger partial charge in [-0.25, -0.2) is 0 Å². The van der Waals surface area contributed by atoms with Gasteiger partial charge in [0.1, 0.15) is 11.5 Å². The van der Waals surface area contributed by atoms with Crippen molar-refractivity contribution in [2.24, 2.45) is 5.92 Å². The predicted octanol–water partition coefficient (Wildman–Crippen LogP) is 5.40. The van der Waals surface area contributed by atoms with Gasteiger partial charge in [0.05, 0.1) is 5.92 Å². The molecule has 0 unspecified atom stereocenters. The van der Waals surface area contributed by atoms with Crippen LogP contribution in [0.15, 0.2) is 66.7 Å². The van der Waals surface area contributed by atoms with Crippen molar-refractivity contribution in [1.82, 2.24) is 0 Å². The van der Waals surface area contributed by atoms with Crippen molar-refractivity contribution in [2.75, 3.05) is 16.8 Å². The fourth-order valence-corrected chi connectivity index (χ4v) is 3.89. The number of hydrogen-bond acceptors (Lipinski definition) is 3. The van der Waals surface area contributed by atoms with E-state index < -0.39 is 0 Å². The molecule has 1 aliphatic heterocycles. The lowest BCUT2D eigenvalue weighted by Gasteiger charge is -2.19. The molecule has 1 N–H and O–H groups in total. The molecule has 31 heavy (non-hydrogen) atoms. The number of anilines is 2. The lowest BCUT2D eigenvalue weighted by Crippen LogP contribution is -2.28. The van der Waals surface area contributed by atoms with E-state index in [0.717, 1.165) is 28.1 Å². The van der Waals surface area contributed by atoms with E-state index >= 15 is 0 Å². The minimum absolute atomic E-state index is 0.0194. The Kier molecular flexibility index (Phi) is 5.76. The highest BCUT2D eigenvalue weighted by atomic mass is 16.5. The lowest BCUT2D eigenvalue weighted by atomic mass is 10.1. The van der Waals surface area contributed by atoms with Crippen LogP contribution in [0.25, 0.3) is 0 Å². The van der Waals surface area contributed by atoms with Gasteiger partial charge in [-0.15, -0.1) is 0 Å². The van der Waals surface area contributed by atoms with Crippen LogP contribution in [0.4, 0.5) is 11.4 Å². The van der Waals surface area contributed by atoms with Gasteiger partial charge in [-0.2, -0.15) is 0 Å². The molecule has 5 nitrogen and oxygen atoms in total. The van der Waals surface area contributed by atoms with Gasteiger partial charge in [0.25, 0.3) is 0 Å². The normalized spacial score (nSPS) is 15.8. The van der Waals surface area contributed by atoms with Crippen molar-refractivity contribution < 1.29 is 14.3 Å². The first-order valence-corrected chi connectivity index (χ1v) is 10.4. The molecule has 2 amide bonds. The van der Waals surface area contributed by atoms with E-state index in [-0.39, 0.29) is 24.2 Å². The number of carbonyl (C=O) groups excluding carboxylic acids is 2. The van der Waals surface area contributed by atoms with Gasteiger partial charge in [-0.3, -0.25) is 9.59 Å². The summed E-state index contributed by atoms with van der Waals surface area (Å²) in [5.41, 5.74) is 4.88. The molecule has 0 aromatic heterocycles. The van der Waals surface area contributed by atoms with Crippen molar-refractivity contribution in [3.8, 4) is 11.5 Å². The fraction of sp³-hybridized carbons (Fsp3) is 0.231. The van der Waals surface area contributed by atoms with Gasteiger partial charge in [-0.05, 0) is 74.4 Å². The van der Waals surface area contributed by atoms with E-state index in [9.17, 15) is 9.59 Å². The summed E-state index contributed by atoms with van der Waals surface area (Å²) in [6.07, 6.45) is 0.216. The SMILES string of the molecule is Cc1cccc(Oc2ccc(NC(=O)[C@H]3CC(=O)N(c4ccc(C)cc4C)C3)cc2)c1. The molecule has 3 aromatic rings. The molecule has 0 spiro atoms. The molecule has 1 saturated heterocycles. The van der Waals surface area contributed by atoms with Crippen LogP contribution in [0.2, 0.25) is 0 Å². The summed E-state index contributed by atoms with van der Waals surface area (Å²) < 4.78 is 5.85. The Labute approximate surface area is 182 Å². The minimum Gasteiger partial charge on any atom is -0.457 e. The number of rotatable bonds is 5. The van der Waals surface area contributed by atoms with Crippen LogP contribution in [0.5, 0.6) is 11.5 Å². The Morgan fingerprint density at radius 2 is 1.68 bits per heavy atom. The van der Waals surface area contributed by atoms with Gasteiger partial charge in [0.2, 0.25) is 11.8 Å². The van der Waals surface area contributed by atoms with Crippen molar-refractivity contribution in [2.45, 2.75) is 27.2 Å². The molecule has 4 rings (SSSR count). The Hall–Kier alpha value is -3.60.